The van der Waals surface area contributed by atoms with Crippen LogP contribution in [0.4, 0.5) is 5.69 Å². The van der Waals surface area contributed by atoms with Gasteiger partial charge < -0.3 is 9.47 Å². The van der Waals surface area contributed by atoms with Crippen LogP contribution in [0.25, 0.3) is 16.8 Å². The lowest BCUT2D eigenvalue weighted by Crippen LogP contribution is -2.27. The number of hydrogen-bond donors (Lipinski definition) is 0. The van der Waals surface area contributed by atoms with Crippen LogP contribution < -0.4 is 14.4 Å². The second-order valence-electron chi connectivity index (χ2n) is 6.09. The summed E-state index contributed by atoms with van der Waals surface area (Å²) in [6, 6.07) is 19.3. The molecule has 4 nitrogen and oxygen atoms in total. The minimum absolute atomic E-state index is 0.172. The SMILES string of the molecule is COc1ccccc1N1C(=O)/C(=C\c2c(OC)ccc3ccccc23)SC1=S. The first-order valence-electron chi connectivity index (χ1n) is 8.60. The van der Waals surface area contributed by atoms with Crippen LogP contribution in [0.3, 0.4) is 0 Å². The molecule has 1 heterocycles. The van der Waals surface area contributed by atoms with Gasteiger partial charge in [0.2, 0.25) is 0 Å². The van der Waals surface area contributed by atoms with E-state index in [0.717, 1.165) is 16.3 Å². The van der Waals surface area contributed by atoms with Crippen molar-refractivity contribution in [2.24, 2.45) is 0 Å². The van der Waals surface area contributed by atoms with E-state index in [1.807, 2.05) is 66.7 Å². The quantitative estimate of drug-likeness (QED) is 0.436. The minimum atomic E-state index is -0.172. The van der Waals surface area contributed by atoms with Gasteiger partial charge >= 0.3 is 0 Å². The van der Waals surface area contributed by atoms with Crippen LogP contribution in [-0.4, -0.2) is 24.4 Å². The number of hydrogen-bond acceptors (Lipinski definition) is 5. The van der Waals surface area contributed by atoms with Gasteiger partial charge in [-0.1, -0.05) is 66.4 Å². The van der Waals surface area contributed by atoms with Gasteiger partial charge in [-0.05, 0) is 35.0 Å². The second-order valence-corrected chi connectivity index (χ2v) is 7.77. The Morgan fingerprint density at radius 2 is 1.64 bits per heavy atom. The highest BCUT2D eigenvalue weighted by Gasteiger charge is 2.35. The van der Waals surface area contributed by atoms with Crippen molar-refractivity contribution in [2.45, 2.75) is 0 Å². The highest BCUT2D eigenvalue weighted by molar-refractivity contribution is 8.27. The average molecular weight is 408 g/mol. The maximum absolute atomic E-state index is 13.2. The lowest BCUT2D eigenvalue weighted by atomic mass is 10.0. The highest BCUT2D eigenvalue weighted by atomic mass is 32.2. The molecule has 1 aliphatic rings. The summed E-state index contributed by atoms with van der Waals surface area (Å²) in [4.78, 5) is 15.2. The molecule has 0 aromatic heterocycles. The predicted molar refractivity (Wildman–Crippen MR) is 119 cm³/mol. The molecule has 0 radical (unpaired) electrons. The molecule has 1 saturated heterocycles. The smallest absolute Gasteiger partial charge is 0.270 e. The van der Waals surface area contributed by atoms with Crippen molar-refractivity contribution in [3.63, 3.8) is 0 Å². The molecule has 0 saturated carbocycles. The number of ether oxygens (including phenoxy) is 2. The third kappa shape index (κ3) is 3.15. The Kier molecular flexibility index (Phi) is 5.07. The standard InChI is InChI=1S/C22H17NO3S2/c1-25-18-12-11-14-7-3-4-8-15(14)16(18)13-20-21(24)23(22(27)28-20)17-9-5-6-10-19(17)26-2/h3-13H,1-2H3/b20-13+. The Morgan fingerprint density at radius 1 is 0.929 bits per heavy atom. The Morgan fingerprint density at radius 3 is 2.43 bits per heavy atom. The van der Waals surface area contributed by atoms with Crippen LogP contribution in [0.2, 0.25) is 0 Å². The Hall–Kier alpha value is -2.83. The molecule has 1 aliphatic heterocycles. The molecule has 0 atom stereocenters. The minimum Gasteiger partial charge on any atom is -0.496 e. The van der Waals surface area contributed by atoms with E-state index in [0.29, 0.717) is 26.4 Å². The fourth-order valence-corrected chi connectivity index (χ4v) is 4.49. The summed E-state index contributed by atoms with van der Waals surface area (Å²) in [5.41, 5.74) is 1.50. The molecule has 1 fully saturated rings. The van der Waals surface area contributed by atoms with E-state index in [1.165, 1.54) is 16.7 Å². The first-order chi connectivity index (χ1) is 13.6. The van der Waals surface area contributed by atoms with E-state index in [4.69, 9.17) is 21.7 Å². The number of rotatable bonds is 4. The van der Waals surface area contributed by atoms with Gasteiger partial charge in [-0.25, -0.2) is 0 Å². The maximum atomic E-state index is 13.2. The van der Waals surface area contributed by atoms with E-state index in [1.54, 1.807) is 14.2 Å². The summed E-state index contributed by atoms with van der Waals surface area (Å²) in [6.45, 7) is 0. The van der Waals surface area contributed by atoms with E-state index in [2.05, 4.69) is 0 Å². The van der Waals surface area contributed by atoms with Crippen molar-refractivity contribution < 1.29 is 14.3 Å². The molecule has 140 valence electrons. The van der Waals surface area contributed by atoms with E-state index < -0.39 is 0 Å². The fourth-order valence-electron chi connectivity index (χ4n) is 3.22. The highest BCUT2D eigenvalue weighted by Crippen LogP contribution is 2.41. The van der Waals surface area contributed by atoms with Gasteiger partial charge in [0.15, 0.2) is 4.32 Å². The molecular weight excluding hydrogens is 390 g/mol. The molecule has 3 aromatic rings. The number of amides is 1. The van der Waals surface area contributed by atoms with Crippen molar-refractivity contribution in [2.75, 3.05) is 19.1 Å². The van der Waals surface area contributed by atoms with Crippen molar-refractivity contribution >= 4 is 56.7 Å². The van der Waals surface area contributed by atoms with Crippen molar-refractivity contribution in [1.82, 2.24) is 0 Å². The van der Waals surface area contributed by atoms with Gasteiger partial charge in [-0.3, -0.25) is 9.69 Å². The van der Waals surface area contributed by atoms with Crippen molar-refractivity contribution in [3.05, 3.63) is 71.1 Å². The summed E-state index contributed by atoms with van der Waals surface area (Å²) in [5, 5.41) is 2.10. The lowest BCUT2D eigenvalue weighted by Gasteiger charge is -2.17. The summed E-state index contributed by atoms with van der Waals surface area (Å²) in [7, 11) is 3.20. The van der Waals surface area contributed by atoms with E-state index >= 15 is 0 Å². The third-order valence-corrected chi connectivity index (χ3v) is 5.85. The number of thioether (sulfide) groups is 1. The van der Waals surface area contributed by atoms with E-state index in [9.17, 15) is 4.79 Å². The first kappa shape index (κ1) is 18.5. The Balaban J connectivity index is 1.82. The summed E-state index contributed by atoms with van der Waals surface area (Å²) < 4.78 is 11.4. The van der Waals surface area contributed by atoms with Crippen LogP contribution in [0, 0.1) is 0 Å². The lowest BCUT2D eigenvalue weighted by molar-refractivity contribution is -0.113. The number of thiocarbonyl (C=S) groups is 1. The third-order valence-electron chi connectivity index (χ3n) is 4.55. The topological polar surface area (TPSA) is 38.8 Å². The van der Waals surface area contributed by atoms with Gasteiger partial charge in [0.05, 0.1) is 24.8 Å². The van der Waals surface area contributed by atoms with Crippen LogP contribution in [0.15, 0.2) is 65.6 Å². The molecule has 6 heteroatoms. The first-order valence-corrected chi connectivity index (χ1v) is 9.83. The van der Waals surface area contributed by atoms with Crippen LogP contribution in [-0.2, 0) is 4.79 Å². The van der Waals surface area contributed by atoms with E-state index in [-0.39, 0.29) is 5.91 Å². The Labute approximate surface area is 172 Å². The summed E-state index contributed by atoms with van der Waals surface area (Å²) in [6.07, 6.45) is 1.86. The second kappa shape index (κ2) is 7.66. The van der Waals surface area contributed by atoms with Crippen LogP contribution in [0.1, 0.15) is 5.56 Å². The van der Waals surface area contributed by atoms with Crippen molar-refractivity contribution in [1.29, 1.82) is 0 Å². The number of fused-ring (bicyclic) bond motifs is 1. The number of para-hydroxylation sites is 2. The van der Waals surface area contributed by atoms with Crippen molar-refractivity contribution in [3.8, 4) is 11.5 Å². The molecule has 28 heavy (non-hydrogen) atoms. The van der Waals surface area contributed by atoms with Gasteiger partial charge in [0, 0.05) is 5.56 Å². The molecule has 0 N–H and O–H groups in total. The average Bonchev–Trinajstić information content (AvgIpc) is 3.01. The zero-order valence-electron chi connectivity index (χ0n) is 15.3. The number of anilines is 1. The number of carbonyl (C=O) groups is 1. The molecule has 0 unspecified atom stereocenters. The monoisotopic (exact) mass is 407 g/mol. The van der Waals surface area contributed by atoms with Gasteiger partial charge in [-0.2, -0.15) is 0 Å². The molecular formula is C22H17NO3S2. The van der Waals surface area contributed by atoms with Crippen LogP contribution >= 0.6 is 24.0 Å². The number of methoxy groups -OCH3 is 2. The number of carbonyl (C=O) groups excluding carboxylic acids is 1. The molecule has 1 amide bonds. The number of nitrogens with zero attached hydrogens (tertiary/aromatic N) is 1. The fraction of sp³-hybridized carbons (Fsp3) is 0.0909. The number of benzene rings is 3. The normalized spacial score (nSPS) is 15.5. The molecule has 0 bridgehead atoms. The van der Waals surface area contributed by atoms with Gasteiger partial charge in [0.25, 0.3) is 5.91 Å². The van der Waals surface area contributed by atoms with Crippen LogP contribution in [0.5, 0.6) is 11.5 Å². The summed E-state index contributed by atoms with van der Waals surface area (Å²) >= 11 is 6.77. The molecule has 0 aliphatic carbocycles. The molecule has 0 spiro atoms. The maximum Gasteiger partial charge on any atom is 0.270 e. The summed E-state index contributed by atoms with van der Waals surface area (Å²) in [5.74, 6) is 1.14. The molecule has 3 aromatic carbocycles. The Bertz CT molecular complexity index is 1120. The zero-order valence-corrected chi connectivity index (χ0v) is 17.0. The largest absolute Gasteiger partial charge is 0.496 e. The predicted octanol–water partition coefficient (Wildman–Crippen LogP) is 5.26. The van der Waals surface area contributed by atoms with Gasteiger partial charge in [0.1, 0.15) is 11.5 Å². The van der Waals surface area contributed by atoms with Gasteiger partial charge in [-0.15, -0.1) is 0 Å². The molecule has 4 rings (SSSR count). The zero-order chi connectivity index (χ0) is 19.7.